The van der Waals surface area contributed by atoms with Gasteiger partial charge in [0, 0.05) is 6.20 Å². The molecule has 0 aliphatic carbocycles. The van der Waals surface area contributed by atoms with Crippen LogP contribution in [0.15, 0.2) is 42.7 Å². The third-order valence-corrected chi connectivity index (χ3v) is 2.30. The molecule has 5 heteroatoms. The van der Waals surface area contributed by atoms with Gasteiger partial charge in [-0.15, -0.1) is 0 Å². The van der Waals surface area contributed by atoms with E-state index in [0.29, 0.717) is 6.54 Å². The molecule has 3 nitrogen and oxygen atoms in total. The topological polar surface area (TPSA) is 34.9 Å². The van der Waals surface area contributed by atoms with Gasteiger partial charge in [-0.3, -0.25) is 9.48 Å². The Morgan fingerprint density at radius 2 is 2.00 bits per heavy atom. The molecule has 1 aromatic heterocycles. The average molecular weight is 236 g/mol. The van der Waals surface area contributed by atoms with Crippen molar-refractivity contribution in [2.75, 3.05) is 0 Å². The number of Topliss-reactive ketones (excluding diaryl/α,β-unsaturated/α-hetero) is 1. The molecular formula is C12H10F2N2O. The number of aromatic nitrogens is 2. The van der Waals surface area contributed by atoms with Crippen LogP contribution in [0.4, 0.5) is 8.78 Å². The van der Waals surface area contributed by atoms with Gasteiger partial charge in [0.1, 0.15) is 0 Å². The minimum atomic E-state index is -2.98. The first-order valence-corrected chi connectivity index (χ1v) is 5.05. The monoisotopic (exact) mass is 236 g/mol. The summed E-state index contributed by atoms with van der Waals surface area (Å²) in [4.78, 5) is 11.0. The normalized spacial score (nSPS) is 10.8. The zero-order chi connectivity index (χ0) is 12.3. The molecule has 0 saturated heterocycles. The maximum Gasteiger partial charge on any atom is 0.300 e. The molecule has 2 aromatic rings. The largest absolute Gasteiger partial charge is 0.300 e. The molecule has 0 radical (unpaired) electrons. The maximum absolute atomic E-state index is 12.2. The van der Waals surface area contributed by atoms with E-state index >= 15 is 0 Å². The summed E-state index contributed by atoms with van der Waals surface area (Å²) in [5, 5.41) is 3.88. The van der Waals surface area contributed by atoms with Gasteiger partial charge in [-0.25, -0.2) is 8.78 Å². The molecule has 0 unspecified atom stereocenters. The Morgan fingerprint density at radius 3 is 2.65 bits per heavy atom. The minimum absolute atomic E-state index is 0.0593. The van der Waals surface area contributed by atoms with E-state index in [0.717, 1.165) is 11.8 Å². The molecule has 1 heterocycles. The first kappa shape index (κ1) is 11.4. The van der Waals surface area contributed by atoms with E-state index < -0.39 is 12.2 Å². The number of halogens is 2. The standard InChI is InChI=1S/C12H10F2N2O/c13-12(14)11(17)10-6-15-16(8-10)7-9-4-2-1-3-5-9/h1-6,8,12H,7H2. The lowest BCUT2D eigenvalue weighted by atomic mass is 10.2. The molecule has 0 aliphatic rings. The number of hydrogen-bond donors (Lipinski definition) is 0. The van der Waals surface area contributed by atoms with E-state index in [1.54, 1.807) is 0 Å². The summed E-state index contributed by atoms with van der Waals surface area (Å²) in [6.07, 6.45) is -0.483. The van der Waals surface area contributed by atoms with E-state index in [1.807, 2.05) is 30.3 Å². The fourth-order valence-electron chi connectivity index (χ4n) is 1.47. The number of ketones is 1. The molecule has 0 fully saturated rings. The highest BCUT2D eigenvalue weighted by Gasteiger charge is 2.19. The van der Waals surface area contributed by atoms with Crippen molar-refractivity contribution in [3.05, 3.63) is 53.9 Å². The lowest BCUT2D eigenvalue weighted by molar-refractivity contribution is 0.0678. The van der Waals surface area contributed by atoms with Gasteiger partial charge >= 0.3 is 6.43 Å². The van der Waals surface area contributed by atoms with Gasteiger partial charge in [0.25, 0.3) is 0 Å². The third-order valence-electron chi connectivity index (χ3n) is 2.30. The average Bonchev–Trinajstić information content (AvgIpc) is 2.77. The zero-order valence-electron chi connectivity index (χ0n) is 8.88. The molecule has 0 aliphatic heterocycles. The highest BCUT2D eigenvalue weighted by molar-refractivity contribution is 5.97. The van der Waals surface area contributed by atoms with Crippen molar-refractivity contribution >= 4 is 5.78 Å². The van der Waals surface area contributed by atoms with Crippen LogP contribution in [0.25, 0.3) is 0 Å². The van der Waals surface area contributed by atoms with Crippen molar-refractivity contribution < 1.29 is 13.6 Å². The molecule has 0 bridgehead atoms. The second-order valence-corrected chi connectivity index (χ2v) is 3.58. The van der Waals surface area contributed by atoms with Gasteiger partial charge in [0.15, 0.2) is 0 Å². The van der Waals surface area contributed by atoms with Crippen LogP contribution in [0.2, 0.25) is 0 Å². The summed E-state index contributed by atoms with van der Waals surface area (Å²) < 4.78 is 25.8. The van der Waals surface area contributed by atoms with Crippen molar-refractivity contribution in [1.82, 2.24) is 9.78 Å². The highest BCUT2D eigenvalue weighted by Crippen LogP contribution is 2.08. The first-order valence-electron chi connectivity index (χ1n) is 5.05. The van der Waals surface area contributed by atoms with Crippen molar-refractivity contribution in [3.63, 3.8) is 0 Å². The van der Waals surface area contributed by atoms with E-state index in [4.69, 9.17) is 0 Å². The van der Waals surface area contributed by atoms with Gasteiger partial charge in [0.05, 0.1) is 18.3 Å². The first-order chi connectivity index (χ1) is 8.16. The Hall–Kier alpha value is -2.04. The summed E-state index contributed by atoms with van der Waals surface area (Å²) in [5.41, 5.74) is 0.933. The molecule has 17 heavy (non-hydrogen) atoms. The SMILES string of the molecule is O=C(c1cnn(Cc2ccccc2)c1)C(F)F. The molecule has 2 rings (SSSR count). The number of hydrogen-bond acceptors (Lipinski definition) is 2. The number of rotatable bonds is 4. The van der Waals surface area contributed by atoms with Gasteiger partial charge in [-0.1, -0.05) is 30.3 Å². The van der Waals surface area contributed by atoms with E-state index in [1.165, 1.54) is 10.9 Å². The number of alkyl halides is 2. The van der Waals surface area contributed by atoms with Crippen LogP contribution < -0.4 is 0 Å². The third kappa shape index (κ3) is 2.75. The van der Waals surface area contributed by atoms with Crippen molar-refractivity contribution in [2.45, 2.75) is 13.0 Å². The Bertz CT molecular complexity index is 508. The molecule has 0 N–H and O–H groups in total. The Balaban J connectivity index is 2.12. The molecule has 0 saturated carbocycles. The molecule has 0 spiro atoms. The van der Waals surface area contributed by atoms with E-state index in [9.17, 15) is 13.6 Å². The lowest BCUT2D eigenvalue weighted by Crippen LogP contribution is -2.09. The fourth-order valence-corrected chi connectivity index (χ4v) is 1.47. The number of nitrogens with zero attached hydrogens (tertiary/aromatic N) is 2. The smallest absolute Gasteiger partial charge is 0.288 e. The Morgan fingerprint density at radius 1 is 1.29 bits per heavy atom. The van der Waals surface area contributed by atoms with Crippen LogP contribution >= 0.6 is 0 Å². The van der Waals surface area contributed by atoms with Gasteiger partial charge < -0.3 is 0 Å². The van der Waals surface area contributed by atoms with Crippen LogP contribution in [-0.4, -0.2) is 22.0 Å². The number of carbonyl (C=O) groups is 1. The maximum atomic E-state index is 12.2. The van der Waals surface area contributed by atoms with Crippen molar-refractivity contribution in [1.29, 1.82) is 0 Å². The van der Waals surface area contributed by atoms with Gasteiger partial charge in [-0.2, -0.15) is 5.10 Å². The highest BCUT2D eigenvalue weighted by atomic mass is 19.3. The van der Waals surface area contributed by atoms with E-state index in [-0.39, 0.29) is 5.56 Å². The summed E-state index contributed by atoms with van der Waals surface area (Å²) >= 11 is 0. The summed E-state index contributed by atoms with van der Waals surface area (Å²) in [7, 11) is 0. The Kier molecular flexibility index (Phi) is 3.27. The quantitative estimate of drug-likeness (QED) is 0.764. The van der Waals surface area contributed by atoms with Gasteiger partial charge in [-0.05, 0) is 5.56 Å². The van der Waals surface area contributed by atoms with Crippen LogP contribution in [0.1, 0.15) is 15.9 Å². The lowest BCUT2D eigenvalue weighted by Gasteiger charge is -2.00. The minimum Gasteiger partial charge on any atom is -0.288 e. The summed E-state index contributed by atoms with van der Waals surface area (Å²) in [5.74, 6) is -1.19. The molecule has 88 valence electrons. The number of benzene rings is 1. The van der Waals surface area contributed by atoms with Crippen LogP contribution in [0.3, 0.4) is 0 Å². The zero-order valence-corrected chi connectivity index (χ0v) is 8.88. The Labute approximate surface area is 96.7 Å². The predicted octanol–water partition coefficient (Wildman–Crippen LogP) is 2.38. The molecule has 0 amide bonds. The van der Waals surface area contributed by atoms with E-state index in [2.05, 4.69) is 5.10 Å². The molecule has 0 atom stereocenters. The van der Waals surface area contributed by atoms with Crippen molar-refractivity contribution in [2.24, 2.45) is 0 Å². The second kappa shape index (κ2) is 4.86. The van der Waals surface area contributed by atoms with Crippen LogP contribution in [0, 0.1) is 0 Å². The summed E-state index contributed by atoms with van der Waals surface area (Å²) in [6, 6.07) is 9.44. The fraction of sp³-hybridized carbons (Fsp3) is 0.167. The van der Waals surface area contributed by atoms with Crippen LogP contribution in [0.5, 0.6) is 0 Å². The van der Waals surface area contributed by atoms with Gasteiger partial charge in [0.2, 0.25) is 5.78 Å². The predicted molar refractivity (Wildman–Crippen MR) is 58.1 cm³/mol. The molecular weight excluding hydrogens is 226 g/mol. The second-order valence-electron chi connectivity index (χ2n) is 3.58. The molecule has 1 aromatic carbocycles. The van der Waals surface area contributed by atoms with Crippen molar-refractivity contribution in [3.8, 4) is 0 Å². The summed E-state index contributed by atoms with van der Waals surface area (Å²) in [6.45, 7) is 0.456. The number of carbonyl (C=O) groups excluding carboxylic acids is 1. The van der Waals surface area contributed by atoms with Crippen LogP contribution in [-0.2, 0) is 6.54 Å².